The van der Waals surface area contributed by atoms with Gasteiger partial charge in [-0.05, 0) is 74.0 Å². The molecule has 1 N–H and O–H groups in total. The maximum atomic E-state index is 13.0. The van der Waals surface area contributed by atoms with Crippen molar-refractivity contribution in [3.8, 4) is 22.9 Å². The predicted octanol–water partition coefficient (Wildman–Crippen LogP) is 6.15. The van der Waals surface area contributed by atoms with Crippen molar-refractivity contribution in [2.45, 2.75) is 32.0 Å². The molecule has 1 aliphatic rings. The Morgan fingerprint density at radius 1 is 0.905 bits per heavy atom. The molecule has 0 atom stereocenters. The van der Waals surface area contributed by atoms with Gasteiger partial charge in [0.1, 0.15) is 35.9 Å². The standard InChI is InChI=1S/C31H29F3N4O4/c32-31(33,34)30(39)42-38-28-12-10-24(41-20-21-7-3-1-4-8-21)19-25(28)29(36-38)27-18-22-17-23(9-11-26(22)35-27)40-16-15-37-13-5-2-6-14-37/h1,3-4,7-12,17-19,35H,2,5-6,13-16,20H2. The number of fused-ring (bicyclic) bond motifs is 2. The summed E-state index contributed by atoms with van der Waals surface area (Å²) in [6.07, 6.45) is -1.45. The molecular weight excluding hydrogens is 549 g/mol. The van der Waals surface area contributed by atoms with Gasteiger partial charge in [0.05, 0.1) is 5.69 Å². The maximum Gasteiger partial charge on any atom is 0.493 e. The molecule has 2 aromatic heterocycles. The van der Waals surface area contributed by atoms with E-state index in [-0.39, 0.29) is 5.52 Å². The van der Waals surface area contributed by atoms with Crippen molar-refractivity contribution < 1.29 is 32.3 Å². The van der Waals surface area contributed by atoms with E-state index in [1.165, 1.54) is 25.3 Å². The third-order valence-corrected chi connectivity index (χ3v) is 7.24. The second kappa shape index (κ2) is 11.8. The minimum atomic E-state index is -5.18. The molecule has 5 aromatic rings. The molecule has 3 heterocycles. The number of aromatic nitrogens is 3. The minimum Gasteiger partial charge on any atom is -0.492 e. The van der Waals surface area contributed by atoms with E-state index < -0.39 is 12.1 Å². The number of ether oxygens (including phenoxy) is 2. The van der Waals surface area contributed by atoms with Crippen molar-refractivity contribution in [3.05, 3.63) is 78.4 Å². The van der Waals surface area contributed by atoms with Crippen molar-refractivity contribution in [1.82, 2.24) is 19.8 Å². The van der Waals surface area contributed by atoms with Crippen LogP contribution in [0.15, 0.2) is 72.8 Å². The maximum absolute atomic E-state index is 13.0. The topological polar surface area (TPSA) is 81.6 Å². The Hall–Kier alpha value is -4.51. The summed E-state index contributed by atoms with van der Waals surface area (Å²) in [6, 6.07) is 21.8. The zero-order valence-electron chi connectivity index (χ0n) is 22.7. The summed E-state index contributed by atoms with van der Waals surface area (Å²) in [7, 11) is 0. The molecule has 11 heteroatoms. The zero-order valence-corrected chi connectivity index (χ0v) is 22.7. The number of benzene rings is 3. The number of carbonyl (C=O) groups excluding carboxylic acids is 1. The van der Waals surface area contributed by atoms with Crippen LogP contribution in [0.3, 0.4) is 0 Å². The molecule has 42 heavy (non-hydrogen) atoms. The quantitative estimate of drug-likeness (QED) is 0.226. The molecule has 6 rings (SSSR count). The lowest BCUT2D eigenvalue weighted by atomic mass is 10.1. The van der Waals surface area contributed by atoms with Crippen molar-refractivity contribution in [2.24, 2.45) is 0 Å². The van der Waals surface area contributed by atoms with Crippen molar-refractivity contribution in [2.75, 3.05) is 26.2 Å². The van der Waals surface area contributed by atoms with Gasteiger partial charge in [0.2, 0.25) is 0 Å². The predicted molar refractivity (Wildman–Crippen MR) is 151 cm³/mol. The van der Waals surface area contributed by atoms with Crippen LogP contribution in [0.2, 0.25) is 0 Å². The highest BCUT2D eigenvalue weighted by Gasteiger charge is 2.42. The lowest BCUT2D eigenvalue weighted by molar-refractivity contribution is -0.200. The first kappa shape index (κ1) is 27.6. The Labute approximate surface area is 239 Å². The van der Waals surface area contributed by atoms with Crippen LogP contribution in [0.5, 0.6) is 11.5 Å². The molecule has 0 spiro atoms. The Morgan fingerprint density at radius 2 is 1.67 bits per heavy atom. The van der Waals surface area contributed by atoms with Gasteiger partial charge in [-0.1, -0.05) is 41.6 Å². The Balaban J connectivity index is 1.28. The van der Waals surface area contributed by atoms with E-state index >= 15 is 0 Å². The number of hydrogen-bond acceptors (Lipinski definition) is 6. The Bertz CT molecular complexity index is 1690. The number of piperidine rings is 1. The first-order valence-electron chi connectivity index (χ1n) is 13.8. The minimum absolute atomic E-state index is 0.176. The lowest BCUT2D eigenvalue weighted by Gasteiger charge is -2.26. The highest BCUT2D eigenvalue weighted by molar-refractivity contribution is 5.97. The van der Waals surface area contributed by atoms with Crippen LogP contribution in [-0.2, 0) is 11.4 Å². The smallest absolute Gasteiger partial charge is 0.492 e. The molecule has 1 saturated heterocycles. The summed E-state index contributed by atoms with van der Waals surface area (Å²) in [5.74, 6) is -1.17. The second-order valence-electron chi connectivity index (χ2n) is 10.2. The van der Waals surface area contributed by atoms with Crippen LogP contribution < -0.4 is 14.3 Å². The van der Waals surface area contributed by atoms with Gasteiger partial charge in [-0.15, -0.1) is 5.10 Å². The molecule has 0 bridgehead atoms. The molecule has 0 radical (unpaired) electrons. The average Bonchev–Trinajstić information content (AvgIpc) is 3.57. The van der Waals surface area contributed by atoms with E-state index in [0.717, 1.165) is 41.9 Å². The Kier molecular flexibility index (Phi) is 7.75. The van der Waals surface area contributed by atoms with Crippen LogP contribution in [0.25, 0.3) is 33.2 Å². The number of alkyl halides is 3. The second-order valence-corrected chi connectivity index (χ2v) is 10.2. The van der Waals surface area contributed by atoms with Crippen molar-refractivity contribution in [1.29, 1.82) is 0 Å². The van der Waals surface area contributed by atoms with Crippen LogP contribution in [0.1, 0.15) is 24.8 Å². The molecule has 0 amide bonds. The number of nitrogens with one attached hydrogen (secondary N) is 1. The van der Waals surface area contributed by atoms with Gasteiger partial charge in [0.15, 0.2) is 0 Å². The summed E-state index contributed by atoms with van der Waals surface area (Å²) in [6.45, 7) is 3.94. The molecule has 0 aliphatic carbocycles. The number of hydrogen-bond donors (Lipinski definition) is 1. The highest BCUT2D eigenvalue weighted by atomic mass is 19.4. The number of likely N-dealkylation sites (tertiary alicyclic amines) is 1. The zero-order chi connectivity index (χ0) is 29.1. The van der Waals surface area contributed by atoms with E-state index in [4.69, 9.17) is 9.47 Å². The van der Waals surface area contributed by atoms with Gasteiger partial charge < -0.3 is 19.3 Å². The fraction of sp³-hybridized carbons (Fsp3) is 0.290. The molecule has 0 unspecified atom stereocenters. The third-order valence-electron chi connectivity index (χ3n) is 7.24. The van der Waals surface area contributed by atoms with Crippen LogP contribution in [-0.4, -0.2) is 58.2 Å². The van der Waals surface area contributed by atoms with Gasteiger partial charge >= 0.3 is 12.1 Å². The largest absolute Gasteiger partial charge is 0.493 e. The van der Waals surface area contributed by atoms with Gasteiger partial charge in [-0.2, -0.15) is 13.2 Å². The molecule has 1 aliphatic heterocycles. The summed E-state index contributed by atoms with van der Waals surface area (Å²) in [5, 5.41) is 5.53. The third kappa shape index (κ3) is 6.20. The average molecular weight is 579 g/mol. The van der Waals surface area contributed by atoms with Gasteiger partial charge in [0.25, 0.3) is 0 Å². The number of halogens is 3. The monoisotopic (exact) mass is 578 g/mol. The van der Waals surface area contributed by atoms with Crippen molar-refractivity contribution in [3.63, 3.8) is 0 Å². The van der Waals surface area contributed by atoms with Gasteiger partial charge in [0, 0.05) is 22.8 Å². The van der Waals surface area contributed by atoms with Crippen LogP contribution in [0, 0.1) is 0 Å². The summed E-state index contributed by atoms with van der Waals surface area (Å²) in [5.41, 5.74) is 2.75. The fourth-order valence-corrected chi connectivity index (χ4v) is 5.10. The first-order valence-corrected chi connectivity index (χ1v) is 13.8. The van der Waals surface area contributed by atoms with Crippen LogP contribution in [0.4, 0.5) is 13.2 Å². The van der Waals surface area contributed by atoms with E-state index in [1.54, 1.807) is 12.1 Å². The summed E-state index contributed by atoms with van der Waals surface area (Å²) < 4.78 is 51.0. The SMILES string of the molecule is O=C(On1nc(-c2cc3cc(OCCN4CCCCC4)ccc3[nH]2)c2cc(OCc3ccccc3)ccc21)C(F)(F)F. The van der Waals surface area contributed by atoms with E-state index in [1.807, 2.05) is 54.6 Å². The Morgan fingerprint density at radius 3 is 2.45 bits per heavy atom. The van der Waals surface area contributed by atoms with Crippen LogP contribution >= 0.6 is 0 Å². The molecular formula is C31H29F3N4O4. The fourth-order valence-electron chi connectivity index (χ4n) is 5.10. The molecule has 0 saturated carbocycles. The van der Waals surface area contributed by atoms with E-state index in [0.29, 0.717) is 40.6 Å². The number of carbonyl (C=O) groups is 1. The van der Waals surface area contributed by atoms with Gasteiger partial charge in [-0.25, -0.2) is 4.79 Å². The van der Waals surface area contributed by atoms with E-state index in [9.17, 15) is 18.0 Å². The number of rotatable bonds is 9. The number of H-pyrrole nitrogens is 1. The molecule has 8 nitrogen and oxygen atoms in total. The lowest BCUT2D eigenvalue weighted by Crippen LogP contribution is -2.33. The molecule has 3 aromatic carbocycles. The highest BCUT2D eigenvalue weighted by Crippen LogP contribution is 2.33. The van der Waals surface area contributed by atoms with Crippen molar-refractivity contribution >= 4 is 27.8 Å². The number of nitrogens with zero attached hydrogens (tertiary/aromatic N) is 3. The van der Waals surface area contributed by atoms with Gasteiger partial charge in [-0.3, -0.25) is 4.90 Å². The number of aromatic amines is 1. The normalized spacial score (nSPS) is 14.4. The summed E-state index contributed by atoms with van der Waals surface area (Å²) in [4.78, 5) is 22.5. The summed E-state index contributed by atoms with van der Waals surface area (Å²) >= 11 is 0. The molecule has 1 fully saturated rings. The molecule has 218 valence electrons. The first-order chi connectivity index (χ1) is 20.3. The van der Waals surface area contributed by atoms with E-state index in [2.05, 4.69) is 19.8 Å².